The number of aromatic nitrogens is 3. The number of carbonyl (C=O) groups excluding carboxylic acids is 1. The zero-order chi connectivity index (χ0) is 23.0. The molecule has 3 aromatic heterocycles. The molecule has 5 rings (SSSR count). The molecule has 7 nitrogen and oxygen atoms in total. The molecule has 1 fully saturated rings. The Bertz CT molecular complexity index is 1290. The van der Waals surface area contributed by atoms with Crippen molar-refractivity contribution in [1.82, 2.24) is 24.7 Å². The van der Waals surface area contributed by atoms with Gasteiger partial charge in [0.15, 0.2) is 0 Å². The Labute approximate surface area is 196 Å². The molecule has 170 valence electrons. The predicted octanol–water partition coefficient (Wildman–Crippen LogP) is 4.50. The molecule has 2 N–H and O–H groups in total. The van der Waals surface area contributed by atoms with E-state index in [4.69, 9.17) is 10.2 Å². The highest BCUT2D eigenvalue weighted by Gasteiger charge is 2.40. The minimum atomic E-state index is -0.500. The number of thiazole rings is 1. The Morgan fingerprint density at radius 1 is 1.21 bits per heavy atom. The molecule has 4 aromatic rings. The number of amides is 1. The van der Waals surface area contributed by atoms with Gasteiger partial charge in [-0.25, -0.2) is 15.4 Å². The summed E-state index contributed by atoms with van der Waals surface area (Å²) in [5.74, 6) is -0.500. The topological polar surface area (TPSA) is 82.8 Å². The molecule has 0 unspecified atom stereocenters. The molecule has 1 aromatic carbocycles. The van der Waals surface area contributed by atoms with Gasteiger partial charge in [0, 0.05) is 29.1 Å². The summed E-state index contributed by atoms with van der Waals surface area (Å²) in [6.07, 6.45) is 8.35. The zero-order valence-electron chi connectivity index (χ0n) is 18.8. The number of nitrogens with zero attached hydrogens (tertiary/aromatic N) is 4. The minimum absolute atomic E-state index is 0.142. The van der Waals surface area contributed by atoms with Gasteiger partial charge in [0.2, 0.25) is 0 Å². The number of rotatable bonds is 6. The largest absolute Gasteiger partial charge is 0.305 e. The van der Waals surface area contributed by atoms with Crippen LogP contribution < -0.4 is 5.48 Å². The molecular formula is C25H27N5O2S. The van der Waals surface area contributed by atoms with Crippen molar-refractivity contribution in [3.05, 3.63) is 75.9 Å². The third kappa shape index (κ3) is 3.94. The molecule has 0 spiro atoms. The molecule has 33 heavy (non-hydrogen) atoms. The van der Waals surface area contributed by atoms with Crippen molar-refractivity contribution in [2.24, 2.45) is 0 Å². The molecule has 1 aliphatic carbocycles. The fourth-order valence-corrected chi connectivity index (χ4v) is 5.99. The summed E-state index contributed by atoms with van der Waals surface area (Å²) in [6.45, 7) is 0.876. The number of hydroxylamine groups is 1. The quantitative estimate of drug-likeness (QED) is 0.326. The number of pyridine rings is 1. The Morgan fingerprint density at radius 2 is 1.97 bits per heavy atom. The standard InChI is InChI=1S/C25H27N5O2S/c1-29(2)15-17-9-12-30-21(14-26-22(30)13-17)20-16-33-24(27-20)25(10-3-4-11-25)19-7-5-18(6-8-19)23(31)28-32/h5-9,12-14,16,32H,3-4,10-11,15H2,1-2H3,(H,28,31). The van der Waals surface area contributed by atoms with Gasteiger partial charge in [-0.15, -0.1) is 11.3 Å². The van der Waals surface area contributed by atoms with Gasteiger partial charge < -0.3 is 4.90 Å². The first-order chi connectivity index (χ1) is 16.0. The third-order valence-corrected chi connectivity index (χ3v) is 7.56. The third-order valence-electron chi connectivity index (χ3n) is 6.51. The summed E-state index contributed by atoms with van der Waals surface area (Å²) in [4.78, 5) is 23.6. The molecule has 1 saturated carbocycles. The van der Waals surface area contributed by atoms with Gasteiger partial charge in [-0.05, 0) is 62.3 Å². The summed E-state index contributed by atoms with van der Waals surface area (Å²) in [5.41, 5.74) is 7.24. The number of fused-ring (bicyclic) bond motifs is 1. The number of carbonyl (C=O) groups is 1. The van der Waals surface area contributed by atoms with Crippen LogP contribution in [-0.4, -0.2) is 44.5 Å². The summed E-state index contributed by atoms with van der Waals surface area (Å²) < 4.78 is 2.10. The van der Waals surface area contributed by atoms with Gasteiger partial charge in [0.05, 0.1) is 17.6 Å². The van der Waals surface area contributed by atoms with Crippen LogP contribution >= 0.6 is 11.3 Å². The van der Waals surface area contributed by atoms with Crippen molar-refractivity contribution >= 4 is 22.9 Å². The van der Waals surface area contributed by atoms with E-state index in [1.807, 2.05) is 18.3 Å². The molecule has 1 aliphatic rings. The van der Waals surface area contributed by atoms with Gasteiger partial charge in [0.25, 0.3) is 5.91 Å². The smallest absolute Gasteiger partial charge is 0.274 e. The summed E-state index contributed by atoms with van der Waals surface area (Å²) in [7, 11) is 4.12. The lowest BCUT2D eigenvalue weighted by atomic mass is 9.79. The first-order valence-corrected chi connectivity index (χ1v) is 12.0. The van der Waals surface area contributed by atoms with Crippen LogP contribution in [-0.2, 0) is 12.0 Å². The SMILES string of the molecule is CN(C)Cc1ccn2c(-c3csc(C4(c5ccc(C(=O)NO)cc5)CCCC4)n3)cnc2c1. The average molecular weight is 462 g/mol. The van der Waals surface area contributed by atoms with Crippen molar-refractivity contribution < 1.29 is 10.0 Å². The highest BCUT2D eigenvalue weighted by Crippen LogP contribution is 2.48. The van der Waals surface area contributed by atoms with Crippen molar-refractivity contribution in [3.63, 3.8) is 0 Å². The van der Waals surface area contributed by atoms with E-state index in [-0.39, 0.29) is 5.41 Å². The van der Waals surface area contributed by atoms with Crippen molar-refractivity contribution in [1.29, 1.82) is 0 Å². The van der Waals surface area contributed by atoms with Crippen LogP contribution in [0.5, 0.6) is 0 Å². The van der Waals surface area contributed by atoms with E-state index < -0.39 is 5.91 Å². The first-order valence-electron chi connectivity index (χ1n) is 11.1. The molecule has 0 aliphatic heterocycles. The van der Waals surface area contributed by atoms with E-state index in [9.17, 15) is 4.79 Å². The van der Waals surface area contributed by atoms with Crippen LogP contribution in [0.2, 0.25) is 0 Å². The van der Waals surface area contributed by atoms with Crippen LogP contribution in [0.1, 0.15) is 52.2 Å². The maximum absolute atomic E-state index is 11.7. The van der Waals surface area contributed by atoms with Crippen LogP contribution in [0.4, 0.5) is 0 Å². The van der Waals surface area contributed by atoms with E-state index in [2.05, 4.69) is 52.1 Å². The fourth-order valence-electron chi connectivity index (χ4n) is 4.90. The second-order valence-corrected chi connectivity index (χ2v) is 9.85. The minimum Gasteiger partial charge on any atom is -0.305 e. The molecule has 0 radical (unpaired) electrons. The van der Waals surface area contributed by atoms with Gasteiger partial charge in [-0.2, -0.15) is 0 Å². The van der Waals surface area contributed by atoms with Crippen molar-refractivity contribution in [2.45, 2.75) is 37.6 Å². The Kier molecular flexibility index (Phi) is 5.74. The molecule has 0 atom stereocenters. The normalized spacial score (nSPS) is 15.4. The Morgan fingerprint density at radius 3 is 2.67 bits per heavy atom. The monoisotopic (exact) mass is 461 g/mol. The number of nitrogens with one attached hydrogen (secondary N) is 1. The van der Waals surface area contributed by atoms with Gasteiger partial charge in [0.1, 0.15) is 10.7 Å². The second kappa shape index (κ2) is 8.70. The van der Waals surface area contributed by atoms with Gasteiger partial charge >= 0.3 is 0 Å². The molecule has 3 heterocycles. The molecule has 8 heteroatoms. The van der Waals surface area contributed by atoms with E-state index in [0.717, 1.165) is 54.3 Å². The van der Waals surface area contributed by atoms with Crippen molar-refractivity contribution in [2.75, 3.05) is 14.1 Å². The summed E-state index contributed by atoms with van der Waals surface area (Å²) >= 11 is 1.70. The first kappa shape index (κ1) is 21.8. The summed E-state index contributed by atoms with van der Waals surface area (Å²) in [5, 5.41) is 12.1. The van der Waals surface area contributed by atoms with E-state index in [1.54, 1.807) is 28.9 Å². The van der Waals surface area contributed by atoms with Crippen LogP contribution in [0.15, 0.2) is 54.2 Å². The van der Waals surface area contributed by atoms with E-state index in [1.165, 1.54) is 11.1 Å². The fraction of sp³-hybridized carbons (Fsp3) is 0.320. The van der Waals surface area contributed by atoms with E-state index in [0.29, 0.717) is 5.56 Å². The lowest BCUT2D eigenvalue weighted by Gasteiger charge is -2.27. The number of hydrogen-bond acceptors (Lipinski definition) is 6. The lowest BCUT2D eigenvalue weighted by molar-refractivity contribution is 0.0706. The number of imidazole rings is 1. The number of benzene rings is 1. The van der Waals surface area contributed by atoms with E-state index >= 15 is 0 Å². The van der Waals surface area contributed by atoms with Crippen LogP contribution in [0.3, 0.4) is 0 Å². The average Bonchev–Trinajstić information content (AvgIpc) is 3.57. The van der Waals surface area contributed by atoms with Crippen LogP contribution in [0, 0.1) is 0 Å². The van der Waals surface area contributed by atoms with Crippen LogP contribution in [0.25, 0.3) is 17.0 Å². The maximum Gasteiger partial charge on any atom is 0.274 e. The maximum atomic E-state index is 11.7. The molecule has 0 saturated heterocycles. The molecule has 1 amide bonds. The Balaban J connectivity index is 1.49. The molecule has 0 bridgehead atoms. The molecular weight excluding hydrogens is 434 g/mol. The Hall–Kier alpha value is -3.07. The highest BCUT2D eigenvalue weighted by molar-refractivity contribution is 7.10. The summed E-state index contributed by atoms with van der Waals surface area (Å²) in [6, 6.07) is 11.8. The second-order valence-electron chi connectivity index (χ2n) is 8.99. The zero-order valence-corrected chi connectivity index (χ0v) is 19.6. The highest BCUT2D eigenvalue weighted by atomic mass is 32.1. The predicted molar refractivity (Wildman–Crippen MR) is 129 cm³/mol. The van der Waals surface area contributed by atoms with Gasteiger partial charge in [-0.3, -0.25) is 14.4 Å². The van der Waals surface area contributed by atoms with Crippen molar-refractivity contribution in [3.8, 4) is 11.4 Å². The number of hydrogen-bond donors (Lipinski definition) is 2. The lowest BCUT2D eigenvalue weighted by Crippen LogP contribution is -2.24. The van der Waals surface area contributed by atoms with Gasteiger partial charge in [-0.1, -0.05) is 25.0 Å².